The summed E-state index contributed by atoms with van der Waals surface area (Å²) in [4.78, 5) is 23.6. The summed E-state index contributed by atoms with van der Waals surface area (Å²) in [6.45, 7) is 1.46. The number of carbonyl (C=O) groups is 2. The number of carbonyl (C=O) groups excluding carboxylic acids is 2. The third-order valence-corrected chi connectivity index (χ3v) is 2.60. The molecule has 0 spiro atoms. The number of ketones is 2. The Morgan fingerprint density at radius 1 is 1.28 bits per heavy atom. The summed E-state index contributed by atoms with van der Waals surface area (Å²) in [6, 6.07) is 8.26. The maximum Gasteiger partial charge on any atom is 0.187 e. The van der Waals surface area contributed by atoms with Gasteiger partial charge in [-0.1, -0.05) is 35.5 Å². The normalized spacial score (nSPS) is 12.1. The van der Waals surface area contributed by atoms with Crippen molar-refractivity contribution < 1.29 is 9.59 Å². The van der Waals surface area contributed by atoms with Crippen LogP contribution < -0.4 is 0 Å². The molecule has 0 N–H and O–H groups in total. The number of hydrogen-bond donors (Lipinski definition) is 0. The summed E-state index contributed by atoms with van der Waals surface area (Å²) < 4.78 is 1.43. The predicted molar refractivity (Wildman–Crippen MR) is 65.1 cm³/mol. The van der Waals surface area contributed by atoms with E-state index in [-0.39, 0.29) is 18.0 Å². The highest BCUT2D eigenvalue weighted by Crippen LogP contribution is 2.17. The molecule has 0 aliphatic rings. The third kappa shape index (κ3) is 2.68. The van der Waals surface area contributed by atoms with Crippen LogP contribution in [0, 0.1) is 0 Å². The molecule has 1 unspecified atom stereocenters. The van der Waals surface area contributed by atoms with E-state index in [1.165, 1.54) is 17.8 Å². The Bertz CT molecular complexity index is 535. The SMILES string of the molecule is CC(=O)CC(C(=O)c1ccccc1)n1ccnn1. The lowest BCUT2D eigenvalue weighted by atomic mass is 10.0. The van der Waals surface area contributed by atoms with Crippen molar-refractivity contribution in [3.63, 3.8) is 0 Å². The molecule has 0 aliphatic carbocycles. The van der Waals surface area contributed by atoms with E-state index in [0.717, 1.165) is 0 Å². The Morgan fingerprint density at radius 2 is 2.00 bits per heavy atom. The molecule has 0 fully saturated rings. The zero-order valence-corrected chi connectivity index (χ0v) is 9.98. The zero-order valence-electron chi connectivity index (χ0n) is 9.98. The van der Waals surface area contributed by atoms with Crippen LogP contribution in [0.1, 0.15) is 29.7 Å². The van der Waals surface area contributed by atoms with Crippen molar-refractivity contribution in [1.29, 1.82) is 0 Å². The van der Waals surface area contributed by atoms with Gasteiger partial charge in [0.05, 0.1) is 6.20 Å². The third-order valence-electron chi connectivity index (χ3n) is 2.60. The number of hydrogen-bond acceptors (Lipinski definition) is 4. The summed E-state index contributed by atoms with van der Waals surface area (Å²) in [5.74, 6) is -0.184. The fourth-order valence-corrected chi connectivity index (χ4v) is 1.76. The Morgan fingerprint density at radius 3 is 2.56 bits per heavy atom. The Kier molecular flexibility index (Phi) is 3.62. The Hall–Kier alpha value is -2.30. The maximum absolute atomic E-state index is 12.3. The minimum absolute atomic E-state index is 0.0558. The van der Waals surface area contributed by atoms with Gasteiger partial charge in [0.15, 0.2) is 5.78 Å². The summed E-state index contributed by atoms with van der Waals surface area (Å²) in [7, 11) is 0. The molecule has 5 heteroatoms. The van der Waals surface area contributed by atoms with E-state index in [1.807, 2.05) is 6.07 Å². The number of Topliss-reactive ketones (excluding diaryl/α,β-unsaturated/α-hetero) is 2. The average Bonchev–Trinajstić information content (AvgIpc) is 2.89. The second-order valence-corrected chi connectivity index (χ2v) is 4.04. The first-order valence-electron chi connectivity index (χ1n) is 5.63. The molecule has 1 aromatic carbocycles. The maximum atomic E-state index is 12.3. The molecule has 2 rings (SSSR count). The molecule has 0 aliphatic heterocycles. The van der Waals surface area contributed by atoms with Gasteiger partial charge in [-0.25, -0.2) is 4.68 Å². The molecule has 18 heavy (non-hydrogen) atoms. The molecule has 0 amide bonds. The molecular formula is C13H13N3O2. The van der Waals surface area contributed by atoms with Crippen molar-refractivity contribution in [2.45, 2.75) is 19.4 Å². The standard InChI is InChI=1S/C13H13N3O2/c1-10(17)9-12(16-8-7-14-15-16)13(18)11-5-3-2-4-6-11/h2-8,12H,9H2,1H3. The van der Waals surface area contributed by atoms with E-state index < -0.39 is 6.04 Å². The number of rotatable bonds is 5. The lowest BCUT2D eigenvalue weighted by Gasteiger charge is -2.14. The van der Waals surface area contributed by atoms with Crippen LogP contribution in [-0.2, 0) is 4.79 Å². The van der Waals surface area contributed by atoms with Gasteiger partial charge in [-0.15, -0.1) is 5.10 Å². The van der Waals surface area contributed by atoms with Crippen molar-refractivity contribution in [1.82, 2.24) is 15.0 Å². The highest BCUT2D eigenvalue weighted by atomic mass is 16.1. The molecule has 2 aromatic rings. The fourth-order valence-electron chi connectivity index (χ4n) is 1.76. The second kappa shape index (κ2) is 5.35. The first kappa shape index (κ1) is 12.2. The van der Waals surface area contributed by atoms with E-state index in [1.54, 1.807) is 30.5 Å². The second-order valence-electron chi connectivity index (χ2n) is 4.04. The molecule has 0 saturated carbocycles. The zero-order chi connectivity index (χ0) is 13.0. The van der Waals surface area contributed by atoms with Gasteiger partial charge in [-0.05, 0) is 6.92 Å². The summed E-state index contributed by atoms with van der Waals surface area (Å²) in [5.41, 5.74) is 0.569. The molecule has 92 valence electrons. The smallest absolute Gasteiger partial charge is 0.187 e. The van der Waals surface area contributed by atoms with Crippen LogP contribution in [0.15, 0.2) is 42.7 Å². The van der Waals surface area contributed by atoms with Gasteiger partial charge >= 0.3 is 0 Å². The van der Waals surface area contributed by atoms with Gasteiger partial charge in [0.25, 0.3) is 0 Å². The minimum atomic E-state index is -0.618. The number of nitrogens with zero attached hydrogens (tertiary/aromatic N) is 3. The molecule has 0 radical (unpaired) electrons. The van der Waals surface area contributed by atoms with Crippen LogP contribution in [0.4, 0.5) is 0 Å². The lowest BCUT2D eigenvalue weighted by molar-refractivity contribution is -0.117. The summed E-state index contributed by atoms with van der Waals surface area (Å²) in [5, 5.41) is 7.49. The Labute approximate surface area is 104 Å². The summed E-state index contributed by atoms with van der Waals surface area (Å²) in [6.07, 6.45) is 3.21. The molecule has 1 aromatic heterocycles. The van der Waals surface area contributed by atoms with Crippen LogP contribution in [-0.4, -0.2) is 26.6 Å². The molecule has 1 heterocycles. The largest absolute Gasteiger partial charge is 0.300 e. The number of aromatic nitrogens is 3. The van der Waals surface area contributed by atoms with Crippen molar-refractivity contribution >= 4 is 11.6 Å². The van der Waals surface area contributed by atoms with Crippen molar-refractivity contribution in [2.24, 2.45) is 0 Å². The Balaban J connectivity index is 2.30. The van der Waals surface area contributed by atoms with Crippen LogP contribution >= 0.6 is 0 Å². The molecule has 0 saturated heterocycles. The molecule has 1 atom stereocenters. The van der Waals surface area contributed by atoms with E-state index in [9.17, 15) is 9.59 Å². The van der Waals surface area contributed by atoms with E-state index in [2.05, 4.69) is 10.3 Å². The van der Waals surface area contributed by atoms with Gasteiger partial charge in [0.2, 0.25) is 0 Å². The average molecular weight is 243 g/mol. The predicted octanol–water partition coefficient (Wildman–Crippen LogP) is 1.68. The topological polar surface area (TPSA) is 64.8 Å². The summed E-state index contributed by atoms with van der Waals surface area (Å²) >= 11 is 0. The molecular weight excluding hydrogens is 230 g/mol. The van der Waals surface area contributed by atoms with Crippen LogP contribution in [0.25, 0.3) is 0 Å². The quantitative estimate of drug-likeness (QED) is 0.749. The highest BCUT2D eigenvalue weighted by Gasteiger charge is 2.23. The molecule has 0 bridgehead atoms. The fraction of sp³-hybridized carbons (Fsp3) is 0.231. The van der Waals surface area contributed by atoms with Crippen molar-refractivity contribution in [2.75, 3.05) is 0 Å². The van der Waals surface area contributed by atoms with E-state index >= 15 is 0 Å². The van der Waals surface area contributed by atoms with Gasteiger partial charge in [-0.2, -0.15) is 0 Å². The minimum Gasteiger partial charge on any atom is -0.300 e. The van der Waals surface area contributed by atoms with E-state index in [4.69, 9.17) is 0 Å². The van der Waals surface area contributed by atoms with Gasteiger partial charge in [-0.3, -0.25) is 9.59 Å². The van der Waals surface area contributed by atoms with Crippen LogP contribution in [0.5, 0.6) is 0 Å². The molecule has 5 nitrogen and oxygen atoms in total. The van der Waals surface area contributed by atoms with E-state index in [0.29, 0.717) is 5.56 Å². The first-order chi connectivity index (χ1) is 8.68. The van der Waals surface area contributed by atoms with Crippen LogP contribution in [0.2, 0.25) is 0 Å². The number of benzene rings is 1. The monoisotopic (exact) mass is 243 g/mol. The van der Waals surface area contributed by atoms with Crippen LogP contribution in [0.3, 0.4) is 0 Å². The van der Waals surface area contributed by atoms with Gasteiger partial charge in [0.1, 0.15) is 11.8 Å². The van der Waals surface area contributed by atoms with Crippen molar-refractivity contribution in [3.8, 4) is 0 Å². The first-order valence-corrected chi connectivity index (χ1v) is 5.63. The van der Waals surface area contributed by atoms with Gasteiger partial charge in [0, 0.05) is 18.2 Å². The van der Waals surface area contributed by atoms with Crippen molar-refractivity contribution in [3.05, 3.63) is 48.3 Å². The lowest BCUT2D eigenvalue weighted by Crippen LogP contribution is -2.22. The van der Waals surface area contributed by atoms with Gasteiger partial charge < -0.3 is 0 Å². The highest BCUT2D eigenvalue weighted by molar-refractivity contribution is 6.00.